The highest BCUT2D eigenvalue weighted by Crippen LogP contribution is 2.30. The van der Waals surface area contributed by atoms with Gasteiger partial charge in [0.1, 0.15) is 6.33 Å². The molecule has 0 bridgehead atoms. The van der Waals surface area contributed by atoms with E-state index in [1.165, 1.54) is 11.9 Å². The molecule has 0 aliphatic rings. The lowest BCUT2D eigenvalue weighted by Crippen LogP contribution is -2.31. The van der Waals surface area contributed by atoms with Crippen LogP contribution in [-0.2, 0) is 17.6 Å². The number of hydrazine groups is 1. The van der Waals surface area contributed by atoms with E-state index in [9.17, 15) is 14.9 Å². The van der Waals surface area contributed by atoms with Gasteiger partial charge in [-0.15, -0.1) is 0 Å². The number of anilines is 3. The molecule has 3 rings (SSSR count). The number of nitro groups is 1. The number of amides is 1. The molecular weight excluding hydrogens is 396 g/mol. The molecule has 0 spiro atoms. The van der Waals surface area contributed by atoms with Gasteiger partial charge in [-0.1, -0.05) is 55.8 Å². The zero-order valence-corrected chi connectivity index (χ0v) is 17.2. The summed E-state index contributed by atoms with van der Waals surface area (Å²) in [6.45, 7) is 2.14. The average Bonchev–Trinajstić information content (AvgIpc) is 2.78. The van der Waals surface area contributed by atoms with Crippen LogP contribution < -0.4 is 16.2 Å². The number of nitrogens with one attached hydrogen (secondary N) is 3. The summed E-state index contributed by atoms with van der Waals surface area (Å²) < 4.78 is 0. The summed E-state index contributed by atoms with van der Waals surface area (Å²) >= 11 is 0. The van der Waals surface area contributed by atoms with Crippen molar-refractivity contribution in [2.24, 2.45) is 0 Å². The molecule has 0 saturated carbocycles. The molecule has 0 atom stereocenters. The molecule has 0 radical (unpaired) electrons. The SMILES string of the molecule is CCCCc1ccc(Nc2ncnc(NNC(=O)Cc3ccccc3)c2[N+](=O)[O-])cc1. The van der Waals surface area contributed by atoms with E-state index >= 15 is 0 Å². The van der Waals surface area contributed by atoms with Gasteiger partial charge in [-0.05, 0) is 36.1 Å². The molecule has 1 aromatic heterocycles. The topological polar surface area (TPSA) is 122 Å². The summed E-state index contributed by atoms with van der Waals surface area (Å²) in [5.74, 6) is -0.430. The number of rotatable bonds is 10. The van der Waals surface area contributed by atoms with Crippen molar-refractivity contribution in [1.82, 2.24) is 15.4 Å². The first-order valence-electron chi connectivity index (χ1n) is 10.0. The molecule has 1 heterocycles. The summed E-state index contributed by atoms with van der Waals surface area (Å²) in [6, 6.07) is 16.8. The highest BCUT2D eigenvalue weighted by molar-refractivity contribution is 5.81. The Hall–Kier alpha value is -4.01. The van der Waals surface area contributed by atoms with Crippen LogP contribution in [0.1, 0.15) is 30.9 Å². The number of carbonyl (C=O) groups excluding carboxylic acids is 1. The molecule has 9 heteroatoms. The number of aryl methyl sites for hydroxylation is 1. The van der Waals surface area contributed by atoms with Gasteiger partial charge in [0.2, 0.25) is 17.5 Å². The molecule has 31 heavy (non-hydrogen) atoms. The Labute approximate surface area is 180 Å². The Morgan fingerprint density at radius 1 is 1.00 bits per heavy atom. The maximum Gasteiger partial charge on any atom is 0.355 e. The normalized spacial score (nSPS) is 10.4. The van der Waals surface area contributed by atoms with Crippen molar-refractivity contribution in [2.45, 2.75) is 32.6 Å². The summed E-state index contributed by atoms with van der Waals surface area (Å²) in [5, 5.41) is 14.6. The molecule has 3 aromatic rings. The van der Waals surface area contributed by atoms with Gasteiger partial charge < -0.3 is 5.32 Å². The summed E-state index contributed by atoms with van der Waals surface area (Å²) in [7, 11) is 0. The van der Waals surface area contributed by atoms with E-state index in [0.717, 1.165) is 24.8 Å². The predicted octanol–water partition coefficient (Wildman–Crippen LogP) is 4.16. The Bertz CT molecular complexity index is 1030. The second kappa shape index (κ2) is 10.7. The number of carbonyl (C=O) groups is 1. The van der Waals surface area contributed by atoms with Crippen LogP contribution in [0, 0.1) is 10.1 Å². The fourth-order valence-corrected chi connectivity index (χ4v) is 2.96. The Kier molecular flexibility index (Phi) is 7.47. The van der Waals surface area contributed by atoms with Crippen LogP contribution in [0.5, 0.6) is 0 Å². The molecule has 0 saturated heterocycles. The van der Waals surface area contributed by atoms with Crippen LogP contribution in [-0.4, -0.2) is 20.8 Å². The third-order valence-corrected chi connectivity index (χ3v) is 4.57. The van der Waals surface area contributed by atoms with Crippen molar-refractivity contribution in [3.8, 4) is 0 Å². The van der Waals surface area contributed by atoms with Crippen molar-refractivity contribution in [3.05, 3.63) is 82.2 Å². The average molecular weight is 420 g/mol. The summed E-state index contributed by atoms with van der Waals surface area (Å²) in [6.07, 6.45) is 4.53. The molecular formula is C22H24N6O3. The minimum atomic E-state index is -0.594. The third-order valence-electron chi connectivity index (χ3n) is 4.57. The van der Waals surface area contributed by atoms with Crippen LogP contribution in [0.4, 0.5) is 23.0 Å². The van der Waals surface area contributed by atoms with Gasteiger partial charge >= 0.3 is 5.69 Å². The number of benzene rings is 2. The maximum absolute atomic E-state index is 12.1. The second-order valence-electron chi connectivity index (χ2n) is 6.94. The van der Waals surface area contributed by atoms with Crippen LogP contribution >= 0.6 is 0 Å². The first-order valence-corrected chi connectivity index (χ1v) is 10.0. The molecule has 0 aliphatic heterocycles. The largest absolute Gasteiger partial charge is 0.355 e. The Morgan fingerprint density at radius 3 is 2.39 bits per heavy atom. The van der Waals surface area contributed by atoms with Crippen molar-refractivity contribution in [1.29, 1.82) is 0 Å². The lowest BCUT2D eigenvalue weighted by Gasteiger charge is -2.11. The second-order valence-corrected chi connectivity index (χ2v) is 6.94. The van der Waals surface area contributed by atoms with Gasteiger partial charge in [0.25, 0.3) is 0 Å². The summed E-state index contributed by atoms with van der Waals surface area (Å²) in [5.41, 5.74) is 7.32. The molecule has 0 fully saturated rings. The van der Waals surface area contributed by atoms with Crippen LogP contribution in [0.2, 0.25) is 0 Å². The van der Waals surface area contributed by atoms with E-state index in [1.807, 2.05) is 54.6 Å². The van der Waals surface area contributed by atoms with Gasteiger partial charge in [-0.25, -0.2) is 9.97 Å². The van der Waals surface area contributed by atoms with Crippen LogP contribution in [0.3, 0.4) is 0 Å². The molecule has 160 valence electrons. The van der Waals surface area contributed by atoms with E-state index in [4.69, 9.17) is 0 Å². The fraction of sp³-hybridized carbons (Fsp3) is 0.227. The monoisotopic (exact) mass is 420 g/mol. The Morgan fingerprint density at radius 2 is 1.71 bits per heavy atom. The third kappa shape index (κ3) is 6.23. The number of aromatic nitrogens is 2. The van der Waals surface area contributed by atoms with Gasteiger partial charge in [-0.3, -0.25) is 25.8 Å². The standard InChI is InChI=1S/C22H24N6O3/c1-2-3-7-16-10-12-18(13-11-16)25-21-20(28(30)31)22(24-15-23-21)27-26-19(29)14-17-8-5-4-6-9-17/h4-6,8-13,15H,2-3,7,14H2,1H3,(H,26,29)(H2,23,24,25,27). The van der Waals surface area contributed by atoms with Crippen molar-refractivity contribution in [3.63, 3.8) is 0 Å². The zero-order chi connectivity index (χ0) is 22.1. The van der Waals surface area contributed by atoms with Crippen molar-refractivity contribution < 1.29 is 9.72 Å². The molecule has 2 aromatic carbocycles. The van der Waals surface area contributed by atoms with E-state index in [2.05, 4.69) is 33.1 Å². The smallest absolute Gasteiger partial charge is 0.334 e. The highest BCUT2D eigenvalue weighted by atomic mass is 16.6. The van der Waals surface area contributed by atoms with Gasteiger partial charge in [0.15, 0.2) is 0 Å². The predicted molar refractivity (Wildman–Crippen MR) is 119 cm³/mol. The minimum absolute atomic E-state index is 0.0288. The van der Waals surface area contributed by atoms with Gasteiger partial charge in [-0.2, -0.15) is 0 Å². The maximum atomic E-state index is 12.1. The van der Waals surface area contributed by atoms with Crippen LogP contribution in [0.25, 0.3) is 0 Å². The molecule has 3 N–H and O–H groups in total. The molecule has 1 amide bonds. The number of unbranched alkanes of at least 4 members (excludes halogenated alkanes) is 1. The molecule has 9 nitrogen and oxygen atoms in total. The minimum Gasteiger partial charge on any atom is -0.334 e. The van der Waals surface area contributed by atoms with E-state index < -0.39 is 4.92 Å². The van der Waals surface area contributed by atoms with E-state index in [0.29, 0.717) is 5.69 Å². The zero-order valence-electron chi connectivity index (χ0n) is 17.2. The highest BCUT2D eigenvalue weighted by Gasteiger charge is 2.23. The lowest BCUT2D eigenvalue weighted by molar-refractivity contribution is -0.383. The first-order chi connectivity index (χ1) is 15.1. The van der Waals surface area contributed by atoms with Crippen molar-refractivity contribution in [2.75, 3.05) is 10.7 Å². The quantitative estimate of drug-likeness (QED) is 0.332. The number of hydrogen-bond acceptors (Lipinski definition) is 7. The van der Waals surface area contributed by atoms with E-state index in [-0.39, 0.29) is 29.7 Å². The Balaban J connectivity index is 1.70. The summed E-state index contributed by atoms with van der Waals surface area (Å²) in [4.78, 5) is 31.1. The first kappa shape index (κ1) is 21.7. The van der Waals surface area contributed by atoms with Gasteiger partial charge in [0, 0.05) is 5.69 Å². The molecule has 0 aliphatic carbocycles. The van der Waals surface area contributed by atoms with E-state index in [1.54, 1.807) is 0 Å². The van der Waals surface area contributed by atoms with Gasteiger partial charge in [0.05, 0.1) is 11.3 Å². The lowest BCUT2D eigenvalue weighted by atomic mass is 10.1. The number of nitrogens with zero attached hydrogens (tertiary/aromatic N) is 3. The number of hydrogen-bond donors (Lipinski definition) is 3. The van der Waals surface area contributed by atoms with Crippen molar-refractivity contribution >= 4 is 28.9 Å². The van der Waals surface area contributed by atoms with Crippen LogP contribution in [0.15, 0.2) is 60.9 Å². The molecule has 0 unspecified atom stereocenters. The fourth-order valence-electron chi connectivity index (χ4n) is 2.96.